The fraction of sp³-hybridized carbons (Fsp3) is 0.182. The molecule has 3 aromatic rings. The number of rotatable bonds is 6. The van der Waals surface area contributed by atoms with Gasteiger partial charge in [0.05, 0.1) is 23.4 Å². The smallest absolute Gasteiger partial charge is 0.581 e. The van der Waals surface area contributed by atoms with Gasteiger partial charge in [0.25, 0.3) is 5.56 Å². The van der Waals surface area contributed by atoms with E-state index in [1.165, 1.54) is 0 Å². The monoisotopic (exact) mass is 443 g/mol. The number of benzene rings is 2. The topological polar surface area (TPSA) is 92.4 Å². The van der Waals surface area contributed by atoms with Crippen LogP contribution in [0.5, 0.6) is 5.75 Å². The van der Waals surface area contributed by atoms with Crippen molar-refractivity contribution < 1.29 is 43.9 Å². The number of nitrogens with zero attached hydrogens (tertiary/aromatic N) is 3. The summed E-state index contributed by atoms with van der Waals surface area (Å²) in [5.41, 5.74) is 1.41. The van der Waals surface area contributed by atoms with Gasteiger partial charge in [-0.15, -0.1) is 0 Å². The first kappa shape index (κ1) is 23.3. The Hall–Kier alpha value is -2.39. The third-order valence-electron chi connectivity index (χ3n) is 4.62. The van der Waals surface area contributed by atoms with Crippen LogP contribution in [0.4, 0.5) is 4.79 Å². The van der Waals surface area contributed by atoms with Crippen LogP contribution in [-0.4, -0.2) is 27.3 Å². The number of thioether (sulfide) groups is 1. The third-order valence-corrected chi connectivity index (χ3v) is 5.40. The number of carbonyl (C=O) groups is 2. The Morgan fingerprint density at radius 1 is 1.10 bits per heavy atom. The number of ether oxygens (including phenoxy) is 1. The molecule has 0 N–H and O–H groups in total. The zero-order valence-corrected chi connectivity index (χ0v) is 20.0. The average molecular weight is 443 g/mol. The summed E-state index contributed by atoms with van der Waals surface area (Å²) in [6.07, 6.45) is 2.27. The van der Waals surface area contributed by atoms with Gasteiger partial charge in [0.1, 0.15) is 23.4 Å². The molecule has 1 saturated heterocycles. The van der Waals surface area contributed by atoms with E-state index in [-0.39, 0.29) is 35.1 Å². The number of aromatic nitrogens is 2. The van der Waals surface area contributed by atoms with E-state index < -0.39 is 11.1 Å². The number of hydrogen-bond acceptors (Lipinski definition) is 6. The molecule has 0 atom stereocenters. The second kappa shape index (κ2) is 10.3. The van der Waals surface area contributed by atoms with E-state index in [0.717, 1.165) is 23.1 Å². The van der Waals surface area contributed by atoms with Crippen LogP contribution in [0.2, 0.25) is 0 Å². The fourth-order valence-electron chi connectivity index (χ4n) is 3.17. The number of amides is 2. The van der Waals surface area contributed by atoms with Crippen molar-refractivity contribution >= 4 is 39.9 Å². The number of aryl methyl sites for hydroxylation is 1. The molecule has 152 valence electrons. The van der Waals surface area contributed by atoms with E-state index in [2.05, 4.69) is 10.3 Å². The standard InChI is InChI=1S/C22H19N3O4S.Na/c1-2-19-23-17-6-4-3-5-16(17)21(27)25(19)11-12-29-15-9-7-14(8-10-15)13-18-20(26)24-22(28)30-18;/h3-10,13H,2,11-12H2,1H3,(H,24,26,28);/q;+1/p-1/b18-13-;. The molecule has 0 spiro atoms. The first-order valence-electron chi connectivity index (χ1n) is 9.46. The van der Waals surface area contributed by atoms with Crippen molar-refractivity contribution in [2.75, 3.05) is 6.61 Å². The summed E-state index contributed by atoms with van der Waals surface area (Å²) in [5.74, 6) is 0.859. The van der Waals surface area contributed by atoms with Gasteiger partial charge in [-0.25, -0.2) is 4.98 Å². The van der Waals surface area contributed by atoms with E-state index in [4.69, 9.17) is 4.74 Å². The minimum atomic E-state index is -0.508. The maximum Gasteiger partial charge on any atom is 1.00 e. The van der Waals surface area contributed by atoms with Crippen molar-refractivity contribution in [3.63, 3.8) is 0 Å². The summed E-state index contributed by atoms with van der Waals surface area (Å²) in [4.78, 5) is 40.4. The Bertz CT molecular complexity index is 1220. The maximum absolute atomic E-state index is 12.8. The van der Waals surface area contributed by atoms with E-state index in [1.54, 1.807) is 41.0 Å². The summed E-state index contributed by atoms with van der Waals surface area (Å²) < 4.78 is 7.44. The molecular formula is C22H18N3NaO4S. The molecule has 1 aliphatic rings. The van der Waals surface area contributed by atoms with Gasteiger partial charge in [0.2, 0.25) is 0 Å². The molecule has 1 aromatic heterocycles. The summed E-state index contributed by atoms with van der Waals surface area (Å²) >= 11 is 0.826. The van der Waals surface area contributed by atoms with Gasteiger partial charge in [-0.05, 0) is 35.9 Å². The summed E-state index contributed by atoms with van der Waals surface area (Å²) in [5, 5.41) is 3.46. The molecule has 2 heterocycles. The molecule has 0 saturated carbocycles. The van der Waals surface area contributed by atoms with Crippen LogP contribution in [0.1, 0.15) is 18.3 Å². The first-order valence-corrected chi connectivity index (χ1v) is 10.3. The summed E-state index contributed by atoms with van der Waals surface area (Å²) in [6.45, 7) is 2.67. The van der Waals surface area contributed by atoms with Crippen molar-refractivity contribution in [3.05, 3.63) is 80.5 Å². The number of fused-ring (bicyclic) bond motifs is 1. The van der Waals surface area contributed by atoms with Crippen molar-refractivity contribution in [1.82, 2.24) is 9.55 Å². The van der Waals surface area contributed by atoms with Gasteiger partial charge in [-0.2, -0.15) is 0 Å². The molecule has 0 bridgehead atoms. The number of para-hydroxylation sites is 1. The van der Waals surface area contributed by atoms with E-state index in [0.29, 0.717) is 41.1 Å². The summed E-state index contributed by atoms with van der Waals surface area (Å²) in [6, 6.07) is 14.5. The van der Waals surface area contributed by atoms with Gasteiger partial charge < -0.3 is 19.6 Å². The van der Waals surface area contributed by atoms with Crippen molar-refractivity contribution in [1.29, 1.82) is 0 Å². The van der Waals surface area contributed by atoms with Crippen LogP contribution in [0.3, 0.4) is 0 Å². The molecule has 31 heavy (non-hydrogen) atoms. The van der Waals surface area contributed by atoms with Crippen molar-refractivity contribution in [3.8, 4) is 5.75 Å². The minimum Gasteiger partial charge on any atom is -0.581 e. The number of imide groups is 1. The van der Waals surface area contributed by atoms with E-state index in [1.807, 2.05) is 25.1 Å². The molecule has 2 amide bonds. The first-order chi connectivity index (χ1) is 14.5. The van der Waals surface area contributed by atoms with Gasteiger partial charge in [0.15, 0.2) is 0 Å². The molecule has 0 aliphatic carbocycles. The SMILES string of the molecule is CCc1nc2ccccc2c(=O)n1CCOc1ccc(/C=C2\SC(=O)[N-]C2=O)cc1.[Na+]. The largest absolute Gasteiger partial charge is 1.00 e. The Balaban J connectivity index is 0.00000272. The quantitative estimate of drug-likeness (QED) is 0.419. The maximum atomic E-state index is 12.8. The Morgan fingerprint density at radius 2 is 1.84 bits per heavy atom. The van der Waals surface area contributed by atoms with Gasteiger partial charge in [-0.1, -0.05) is 43.0 Å². The van der Waals surface area contributed by atoms with Crippen LogP contribution in [0, 0.1) is 0 Å². The fourth-order valence-corrected chi connectivity index (χ4v) is 3.82. The molecule has 4 rings (SSSR count). The van der Waals surface area contributed by atoms with Crippen molar-refractivity contribution in [2.45, 2.75) is 19.9 Å². The van der Waals surface area contributed by atoms with Gasteiger partial charge in [-0.3, -0.25) is 9.36 Å². The Kier molecular flexibility index (Phi) is 7.72. The predicted octanol–water partition coefficient (Wildman–Crippen LogP) is 1.15. The number of carbonyl (C=O) groups excluding carboxylic acids is 2. The second-order valence-corrected chi connectivity index (χ2v) is 7.56. The van der Waals surface area contributed by atoms with Crippen LogP contribution in [0.15, 0.2) is 58.2 Å². The summed E-state index contributed by atoms with van der Waals surface area (Å²) in [7, 11) is 0. The van der Waals surface area contributed by atoms with Crippen LogP contribution >= 0.6 is 11.8 Å². The Morgan fingerprint density at radius 3 is 2.52 bits per heavy atom. The number of hydrogen-bond donors (Lipinski definition) is 0. The normalized spacial score (nSPS) is 14.5. The molecule has 1 fully saturated rings. The molecule has 7 nitrogen and oxygen atoms in total. The molecule has 1 aliphatic heterocycles. The van der Waals surface area contributed by atoms with E-state index in [9.17, 15) is 14.4 Å². The predicted molar refractivity (Wildman–Crippen MR) is 117 cm³/mol. The zero-order chi connectivity index (χ0) is 21.1. The molecule has 0 radical (unpaired) electrons. The minimum absolute atomic E-state index is 0. The molecule has 2 aromatic carbocycles. The second-order valence-electron chi connectivity index (χ2n) is 6.57. The zero-order valence-electron chi connectivity index (χ0n) is 17.2. The van der Waals surface area contributed by atoms with Gasteiger partial charge >= 0.3 is 29.6 Å². The van der Waals surface area contributed by atoms with Gasteiger partial charge in [0, 0.05) is 11.3 Å². The Labute approximate surface area is 205 Å². The van der Waals surface area contributed by atoms with Crippen molar-refractivity contribution in [2.24, 2.45) is 0 Å². The van der Waals surface area contributed by atoms with Crippen LogP contribution < -0.4 is 39.9 Å². The third kappa shape index (κ3) is 5.27. The molecule has 0 unspecified atom stereocenters. The molecular weight excluding hydrogens is 425 g/mol. The average Bonchev–Trinajstić information content (AvgIpc) is 3.07. The van der Waals surface area contributed by atoms with Crippen LogP contribution in [0.25, 0.3) is 22.3 Å². The van der Waals surface area contributed by atoms with E-state index >= 15 is 0 Å². The molecule has 9 heteroatoms. The van der Waals surface area contributed by atoms with Crippen LogP contribution in [-0.2, 0) is 17.8 Å².